The van der Waals surface area contributed by atoms with Crippen LogP contribution >= 0.6 is 11.8 Å². The lowest BCUT2D eigenvalue weighted by atomic mass is 9.94. The van der Waals surface area contributed by atoms with Crippen LogP contribution in [0.2, 0.25) is 0 Å². The molecule has 0 saturated heterocycles. The van der Waals surface area contributed by atoms with E-state index >= 15 is 0 Å². The number of hydrogen-bond donors (Lipinski definition) is 2. The second kappa shape index (κ2) is 8.73. The number of nitrogens with one attached hydrogen (secondary N) is 2. The van der Waals surface area contributed by atoms with Crippen molar-refractivity contribution in [3.63, 3.8) is 0 Å². The Hall–Kier alpha value is -2.09. The fourth-order valence-electron chi connectivity index (χ4n) is 3.60. The maximum atomic E-state index is 12.3. The summed E-state index contributed by atoms with van der Waals surface area (Å²) in [6, 6.07) is 0.256. The predicted octanol–water partition coefficient (Wildman–Crippen LogP) is 2.27. The van der Waals surface area contributed by atoms with Gasteiger partial charge in [-0.3, -0.25) is 4.79 Å². The fourth-order valence-corrected chi connectivity index (χ4v) is 4.76. The Balaban J connectivity index is 1.43. The Morgan fingerprint density at radius 3 is 2.70 bits per heavy atom. The summed E-state index contributed by atoms with van der Waals surface area (Å²) < 4.78 is 2.05. The predicted molar refractivity (Wildman–Crippen MR) is 106 cm³/mol. The number of H-pyrrole nitrogens is 1. The van der Waals surface area contributed by atoms with Crippen molar-refractivity contribution in [3.05, 3.63) is 39.8 Å². The van der Waals surface area contributed by atoms with Gasteiger partial charge in [0.05, 0.1) is 0 Å². The largest absolute Gasteiger partial charge is 0.353 e. The zero-order chi connectivity index (χ0) is 19.4. The summed E-state index contributed by atoms with van der Waals surface area (Å²) in [5.74, 6) is 0.0696. The smallest absolute Gasteiger partial charge is 0.345 e. The van der Waals surface area contributed by atoms with Gasteiger partial charge in [-0.25, -0.2) is 9.78 Å². The third-order valence-electron chi connectivity index (χ3n) is 5.14. The van der Waals surface area contributed by atoms with Gasteiger partial charge in [-0.05, 0) is 51.5 Å². The molecule has 2 N–H and O–H groups in total. The van der Waals surface area contributed by atoms with Crippen LogP contribution in [0, 0.1) is 13.8 Å². The molecule has 1 aliphatic carbocycles. The number of carbonyl (C=O) groups excluding carboxylic acids is 1. The summed E-state index contributed by atoms with van der Waals surface area (Å²) in [6.45, 7) is 3.67. The molecular weight excluding hydrogens is 362 g/mol. The molecule has 0 atom stereocenters. The van der Waals surface area contributed by atoms with E-state index in [0.29, 0.717) is 23.8 Å². The van der Waals surface area contributed by atoms with E-state index in [4.69, 9.17) is 0 Å². The van der Waals surface area contributed by atoms with Gasteiger partial charge in [-0.1, -0.05) is 11.8 Å². The number of carbonyl (C=O) groups is 1. The molecule has 146 valence electrons. The van der Waals surface area contributed by atoms with Crippen LogP contribution in [0.15, 0.2) is 22.3 Å². The van der Waals surface area contributed by atoms with Gasteiger partial charge >= 0.3 is 5.69 Å². The van der Waals surface area contributed by atoms with Crippen LogP contribution in [0.1, 0.15) is 49.1 Å². The Morgan fingerprint density at radius 1 is 1.33 bits per heavy atom. The highest BCUT2D eigenvalue weighted by Crippen LogP contribution is 2.32. The Bertz CT molecular complexity index is 826. The molecule has 27 heavy (non-hydrogen) atoms. The molecule has 1 aliphatic rings. The second-order valence-electron chi connectivity index (χ2n) is 7.21. The second-order valence-corrected chi connectivity index (χ2v) is 8.48. The monoisotopic (exact) mass is 389 g/mol. The van der Waals surface area contributed by atoms with Crippen molar-refractivity contribution in [2.45, 2.75) is 68.8 Å². The first kappa shape index (κ1) is 19.7. The molecule has 0 aromatic carbocycles. The number of aryl methyl sites for hydroxylation is 3. The summed E-state index contributed by atoms with van der Waals surface area (Å²) in [5, 5.41) is 4.79. The van der Waals surface area contributed by atoms with Crippen LogP contribution in [-0.2, 0) is 18.3 Å². The summed E-state index contributed by atoms with van der Waals surface area (Å²) in [4.78, 5) is 34.7. The molecule has 2 heterocycles. The van der Waals surface area contributed by atoms with Gasteiger partial charge in [0.2, 0.25) is 5.91 Å². The molecule has 2 aromatic rings. The van der Waals surface area contributed by atoms with Crippen LogP contribution in [0.4, 0.5) is 0 Å². The van der Waals surface area contributed by atoms with Gasteiger partial charge in [0.25, 0.3) is 0 Å². The lowest BCUT2D eigenvalue weighted by Gasteiger charge is -2.28. The Kier molecular flexibility index (Phi) is 6.36. The van der Waals surface area contributed by atoms with Gasteiger partial charge in [-0.2, -0.15) is 4.98 Å². The van der Waals surface area contributed by atoms with E-state index in [1.54, 1.807) is 0 Å². The van der Waals surface area contributed by atoms with Crippen molar-refractivity contribution in [2.75, 3.05) is 0 Å². The number of imidazole rings is 1. The van der Waals surface area contributed by atoms with Crippen molar-refractivity contribution in [1.29, 1.82) is 0 Å². The fraction of sp³-hybridized carbons (Fsp3) is 0.579. The molecule has 1 saturated carbocycles. The molecule has 1 fully saturated rings. The zero-order valence-electron chi connectivity index (χ0n) is 16.1. The maximum Gasteiger partial charge on any atom is 0.345 e. The first-order chi connectivity index (χ1) is 12.9. The van der Waals surface area contributed by atoms with Gasteiger partial charge in [0, 0.05) is 48.5 Å². The molecule has 0 radical (unpaired) electrons. The molecule has 8 heteroatoms. The highest BCUT2D eigenvalue weighted by molar-refractivity contribution is 7.99. The molecule has 0 spiro atoms. The normalized spacial score (nSPS) is 19.8. The highest BCUT2D eigenvalue weighted by atomic mass is 32.2. The molecule has 0 unspecified atom stereocenters. The molecule has 0 bridgehead atoms. The number of aromatic amines is 1. The van der Waals surface area contributed by atoms with E-state index in [1.807, 2.05) is 49.6 Å². The van der Waals surface area contributed by atoms with Crippen LogP contribution in [-0.4, -0.2) is 36.7 Å². The first-order valence-electron chi connectivity index (χ1n) is 9.42. The van der Waals surface area contributed by atoms with E-state index in [-0.39, 0.29) is 17.6 Å². The minimum atomic E-state index is -0.335. The number of amides is 1. The minimum Gasteiger partial charge on any atom is -0.353 e. The van der Waals surface area contributed by atoms with E-state index < -0.39 is 0 Å². The lowest BCUT2D eigenvalue weighted by Crippen LogP contribution is -2.38. The lowest BCUT2D eigenvalue weighted by molar-refractivity contribution is -0.121. The van der Waals surface area contributed by atoms with Gasteiger partial charge in [-0.15, -0.1) is 0 Å². The van der Waals surface area contributed by atoms with Crippen LogP contribution in [0.5, 0.6) is 0 Å². The van der Waals surface area contributed by atoms with E-state index in [0.717, 1.165) is 42.1 Å². The van der Waals surface area contributed by atoms with Crippen molar-refractivity contribution in [3.8, 4) is 0 Å². The number of rotatable bonds is 6. The number of aromatic nitrogens is 4. The molecule has 2 aromatic heterocycles. The number of thioether (sulfide) groups is 1. The SMILES string of the molecule is Cc1nc(=O)[nH]c(C)c1CCC(=O)NC1CCC(Sc2nccn2C)CC1. The molecule has 0 aliphatic heterocycles. The molecule has 3 rings (SSSR count). The third-order valence-corrected chi connectivity index (χ3v) is 6.55. The van der Waals surface area contributed by atoms with Gasteiger partial charge in [0.15, 0.2) is 5.16 Å². The summed E-state index contributed by atoms with van der Waals surface area (Å²) in [7, 11) is 2.02. The Labute approximate surface area is 163 Å². The minimum absolute atomic E-state index is 0.0696. The van der Waals surface area contributed by atoms with Gasteiger partial charge < -0.3 is 14.9 Å². The zero-order valence-corrected chi connectivity index (χ0v) is 16.9. The summed E-state index contributed by atoms with van der Waals surface area (Å²) in [6.07, 6.45) is 8.99. The number of hydrogen-bond acceptors (Lipinski definition) is 5. The van der Waals surface area contributed by atoms with E-state index in [9.17, 15) is 9.59 Å². The average Bonchev–Trinajstić information content (AvgIpc) is 3.00. The first-order valence-corrected chi connectivity index (χ1v) is 10.3. The van der Waals surface area contributed by atoms with Crippen molar-refractivity contribution >= 4 is 17.7 Å². The topological polar surface area (TPSA) is 92.7 Å². The third kappa shape index (κ3) is 5.22. The summed E-state index contributed by atoms with van der Waals surface area (Å²) in [5.41, 5.74) is 2.13. The van der Waals surface area contributed by atoms with E-state index in [1.165, 1.54) is 0 Å². The van der Waals surface area contributed by atoms with Crippen LogP contribution in [0.3, 0.4) is 0 Å². The van der Waals surface area contributed by atoms with E-state index in [2.05, 4.69) is 20.3 Å². The average molecular weight is 390 g/mol. The molecular formula is C19H27N5O2S. The highest BCUT2D eigenvalue weighted by Gasteiger charge is 2.24. The number of nitrogens with zero attached hydrogens (tertiary/aromatic N) is 3. The van der Waals surface area contributed by atoms with Crippen molar-refractivity contribution < 1.29 is 4.79 Å². The van der Waals surface area contributed by atoms with Gasteiger partial charge in [0.1, 0.15) is 0 Å². The van der Waals surface area contributed by atoms with Crippen molar-refractivity contribution in [2.24, 2.45) is 7.05 Å². The molecule has 1 amide bonds. The standard InChI is InChI=1S/C19H27N5O2S/c1-12-16(13(2)22-18(26)21-12)8-9-17(25)23-14-4-6-15(7-5-14)27-19-20-10-11-24(19)3/h10-11,14-15H,4-9H2,1-3H3,(H,23,25)(H,21,22,26). The quantitative estimate of drug-likeness (QED) is 0.791. The Morgan fingerprint density at radius 2 is 2.07 bits per heavy atom. The summed E-state index contributed by atoms with van der Waals surface area (Å²) >= 11 is 1.83. The van der Waals surface area contributed by atoms with Crippen molar-refractivity contribution in [1.82, 2.24) is 24.8 Å². The van der Waals surface area contributed by atoms with Crippen LogP contribution in [0.25, 0.3) is 0 Å². The maximum absolute atomic E-state index is 12.3. The molecule has 7 nitrogen and oxygen atoms in total. The van der Waals surface area contributed by atoms with Crippen LogP contribution < -0.4 is 11.0 Å².